The van der Waals surface area contributed by atoms with Crippen LogP contribution in [-0.2, 0) is 22.7 Å². The molecular weight excluding hydrogens is 508 g/mol. The highest BCUT2D eigenvalue weighted by molar-refractivity contribution is 7.99. The van der Waals surface area contributed by atoms with Crippen LogP contribution >= 0.6 is 11.8 Å². The predicted octanol–water partition coefficient (Wildman–Crippen LogP) is 6.78. The second-order valence-corrected chi connectivity index (χ2v) is 10.4. The quantitative estimate of drug-likeness (QED) is 0.128. The SMILES string of the molecule is CCCCSc1nc2n(n1)C(c1cccc(OCc3ccccc3)c1)C(C(=O)OCc1ccccc1)=C(C)N2. The summed E-state index contributed by atoms with van der Waals surface area (Å²) in [5.41, 5.74) is 4.06. The van der Waals surface area contributed by atoms with Crippen molar-refractivity contribution in [3.8, 4) is 5.75 Å². The third kappa shape index (κ3) is 6.52. The molecule has 3 aromatic carbocycles. The Labute approximate surface area is 233 Å². The largest absolute Gasteiger partial charge is 0.489 e. The molecule has 1 atom stereocenters. The minimum atomic E-state index is -0.516. The number of carbonyl (C=O) groups is 1. The first-order valence-electron chi connectivity index (χ1n) is 13.2. The summed E-state index contributed by atoms with van der Waals surface area (Å²) in [4.78, 5) is 18.3. The van der Waals surface area contributed by atoms with Crippen LogP contribution in [-0.4, -0.2) is 26.5 Å². The van der Waals surface area contributed by atoms with Crippen molar-refractivity contribution in [3.05, 3.63) is 113 Å². The number of ether oxygens (including phenoxy) is 2. The van der Waals surface area contributed by atoms with Crippen LogP contribution in [0.2, 0.25) is 0 Å². The third-order valence-electron chi connectivity index (χ3n) is 6.42. The van der Waals surface area contributed by atoms with Crippen molar-refractivity contribution in [2.24, 2.45) is 0 Å². The average Bonchev–Trinajstić information content (AvgIpc) is 3.37. The molecule has 1 N–H and O–H groups in total. The first-order chi connectivity index (χ1) is 19.1. The molecule has 4 aromatic rings. The van der Waals surface area contributed by atoms with E-state index in [-0.39, 0.29) is 6.61 Å². The molecule has 0 saturated heterocycles. The third-order valence-corrected chi connectivity index (χ3v) is 7.34. The minimum Gasteiger partial charge on any atom is -0.489 e. The smallest absolute Gasteiger partial charge is 0.338 e. The van der Waals surface area contributed by atoms with Crippen LogP contribution in [0.5, 0.6) is 5.75 Å². The van der Waals surface area contributed by atoms with Crippen molar-refractivity contribution >= 4 is 23.7 Å². The number of esters is 1. The van der Waals surface area contributed by atoms with Gasteiger partial charge in [-0.05, 0) is 42.2 Å². The molecule has 0 radical (unpaired) electrons. The van der Waals surface area contributed by atoms with E-state index in [9.17, 15) is 4.79 Å². The number of allylic oxidation sites excluding steroid dienone is 1. The summed E-state index contributed by atoms with van der Waals surface area (Å²) >= 11 is 1.62. The number of hydrogen-bond donors (Lipinski definition) is 1. The molecule has 39 heavy (non-hydrogen) atoms. The van der Waals surface area contributed by atoms with E-state index >= 15 is 0 Å². The van der Waals surface area contributed by atoms with Gasteiger partial charge in [-0.25, -0.2) is 9.48 Å². The second-order valence-electron chi connectivity index (χ2n) is 9.34. The maximum absolute atomic E-state index is 13.6. The lowest BCUT2D eigenvalue weighted by atomic mass is 9.95. The van der Waals surface area contributed by atoms with Gasteiger partial charge in [0.1, 0.15) is 25.0 Å². The van der Waals surface area contributed by atoms with Gasteiger partial charge in [-0.1, -0.05) is 97.9 Å². The normalized spacial score (nSPS) is 14.5. The van der Waals surface area contributed by atoms with Crippen LogP contribution in [0.15, 0.2) is 101 Å². The van der Waals surface area contributed by atoms with Gasteiger partial charge in [0, 0.05) is 11.4 Å². The molecular formula is C31H32N4O3S. The van der Waals surface area contributed by atoms with Crippen molar-refractivity contribution in [3.63, 3.8) is 0 Å². The molecule has 5 rings (SSSR count). The Morgan fingerprint density at radius 3 is 2.41 bits per heavy atom. The number of carbonyl (C=O) groups excluding carboxylic acids is 1. The zero-order valence-corrected chi connectivity index (χ0v) is 23.0. The fourth-order valence-corrected chi connectivity index (χ4v) is 5.30. The molecule has 0 bridgehead atoms. The summed E-state index contributed by atoms with van der Waals surface area (Å²) in [7, 11) is 0. The van der Waals surface area contributed by atoms with Crippen molar-refractivity contribution < 1.29 is 14.3 Å². The van der Waals surface area contributed by atoms with E-state index in [0.29, 0.717) is 34.7 Å². The van der Waals surface area contributed by atoms with E-state index in [1.54, 1.807) is 16.4 Å². The van der Waals surface area contributed by atoms with Gasteiger partial charge in [0.05, 0.1) is 5.57 Å². The van der Waals surface area contributed by atoms with Gasteiger partial charge in [-0.15, -0.1) is 5.10 Å². The van der Waals surface area contributed by atoms with Crippen molar-refractivity contribution in [2.75, 3.05) is 11.1 Å². The minimum absolute atomic E-state index is 0.186. The topological polar surface area (TPSA) is 78.3 Å². The lowest BCUT2D eigenvalue weighted by molar-refractivity contribution is -0.140. The number of thioether (sulfide) groups is 1. The van der Waals surface area contributed by atoms with Gasteiger partial charge < -0.3 is 14.8 Å². The van der Waals surface area contributed by atoms with Gasteiger partial charge in [0.25, 0.3) is 0 Å². The first kappa shape index (κ1) is 26.6. The van der Waals surface area contributed by atoms with Crippen molar-refractivity contribution in [1.82, 2.24) is 14.8 Å². The molecule has 200 valence electrons. The van der Waals surface area contributed by atoms with Gasteiger partial charge in [0.2, 0.25) is 11.1 Å². The summed E-state index contributed by atoms with van der Waals surface area (Å²) in [6.07, 6.45) is 2.19. The highest BCUT2D eigenvalue weighted by atomic mass is 32.2. The molecule has 1 unspecified atom stereocenters. The molecule has 0 saturated carbocycles. The van der Waals surface area contributed by atoms with E-state index < -0.39 is 12.0 Å². The number of hydrogen-bond acceptors (Lipinski definition) is 7. The zero-order valence-electron chi connectivity index (χ0n) is 22.2. The molecule has 1 aliphatic heterocycles. The van der Waals surface area contributed by atoms with Crippen LogP contribution in [0.4, 0.5) is 5.95 Å². The molecule has 1 aliphatic rings. The van der Waals surface area contributed by atoms with E-state index in [1.165, 1.54) is 0 Å². The molecule has 8 heteroatoms. The average molecular weight is 541 g/mol. The molecule has 7 nitrogen and oxygen atoms in total. The number of aromatic nitrogens is 3. The second kappa shape index (κ2) is 12.7. The van der Waals surface area contributed by atoms with Gasteiger partial charge in [0.15, 0.2) is 0 Å². The number of nitrogens with zero attached hydrogens (tertiary/aromatic N) is 3. The predicted molar refractivity (Wildman–Crippen MR) is 154 cm³/mol. The Hall–Kier alpha value is -4.04. The highest BCUT2D eigenvalue weighted by Gasteiger charge is 2.35. The number of fused-ring (bicyclic) bond motifs is 1. The van der Waals surface area contributed by atoms with E-state index in [4.69, 9.17) is 19.6 Å². The molecule has 0 aliphatic carbocycles. The Balaban J connectivity index is 1.45. The number of rotatable bonds is 11. The van der Waals surface area contributed by atoms with Gasteiger partial charge in [-0.3, -0.25) is 0 Å². The zero-order chi connectivity index (χ0) is 27.0. The van der Waals surface area contributed by atoms with Crippen LogP contribution in [0.25, 0.3) is 0 Å². The molecule has 0 spiro atoms. The highest BCUT2D eigenvalue weighted by Crippen LogP contribution is 2.38. The summed E-state index contributed by atoms with van der Waals surface area (Å²) in [5, 5.41) is 8.78. The molecule has 2 heterocycles. The standard InChI is InChI=1S/C31H32N4O3S/c1-3-4-18-39-31-33-30-32-22(2)27(29(36)38-21-24-14-9-6-10-15-24)28(35(30)34-31)25-16-11-17-26(19-25)37-20-23-12-7-5-8-13-23/h5-17,19,28H,3-4,18,20-21H2,1-2H3,(H,32,33,34). The maximum Gasteiger partial charge on any atom is 0.338 e. The molecule has 0 amide bonds. The maximum atomic E-state index is 13.6. The lowest BCUT2D eigenvalue weighted by Gasteiger charge is -2.28. The van der Waals surface area contributed by atoms with E-state index in [1.807, 2.05) is 91.9 Å². The number of anilines is 1. The first-order valence-corrected chi connectivity index (χ1v) is 14.2. The Morgan fingerprint density at radius 2 is 1.69 bits per heavy atom. The summed E-state index contributed by atoms with van der Waals surface area (Å²) in [6, 6.07) is 27.0. The van der Waals surface area contributed by atoms with Crippen LogP contribution in [0, 0.1) is 0 Å². The number of unbranched alkanes of at least 4 members (excludes halogenated alkanes) is 1. The van der Waals surface area contributed by atoms with E-state index in [0.717, 1.165) is 35.3 Å². The Morgan fingerprint density at radius 1 is 0.974 bits per heavy atom. The number of nitrogens with one attached hydrogen (secondary N) is 1. The Kier molecular flexibility index (Phi) is 8.63. The number of benzene rings is 3. The molecule has 1 aromatic heterocycles. The van der Waals surface area contributed by atoms with Gasteiger partial charge in [-0.2, -0.15) is 4.98 Å². The van der Waals surface area contributed by atoms with E-state index in [2.05, 4.69) is 12.2 Å². The summed E-state index contributed by atoms with van der Waals surface area (Å²) in [6.45, 7) is 4.68. The van der Waals surface area contributed by atoms with Crippen molar-refractivity contribution in [2.45, 2.75) is 51.1 Å². The van der Waals surface area contributed by atoms with Crippen LogP contribution in [0.1, 0.15) is 49.4 Å². The summed E-state index contributed by atoms with van der Waals surface area (Å²) < 4.78 is 13.7. The Bertz CT molecular complexity index is 1440. The fraction of sp³-hybridized carbons (Fsp3) is 0.258. The van der Waals surface area contributed by atoms with Crippen LogP contribution in [0.3, 0.4) is 0 Å². The van der Waals surface area contributed by atoms with Gasteiger partial charge >= 0.3 is 5.97 Å². The lowest BCUT2D eigenvalue weighted by Crippen LogP contribution is -2.29. The molecule has 0 fully saturated rings. The fourth-order valence-electron chi connectivity index (χ4n) is 4.39. The van der Waals surface area contributed by atoms with Crippen LogP contribution < -0.4 is 10.1 Å². The van der Waals surface area contributed by atoms with Crippen molar-refractivity contribution in [1.29, 1.82) is 0 Å². The monoisotopic (exact) mass is 540 g/mol. The summed E-state index contributed by atoms with van der Waals surface area (Å²) in [5.74, 6) is 1.85.